The van der Waals surface area contributed by atoms with E-state index in [-0.39, 0.29) is 0 Å². The fourth-order valence-electron chi connectivity index (χ4n) is 0.858. The van der Waals surface area contributed by atoms with E-state index < -0.39 is 5.97 Å². The molecule has 0 saturated heterocycles. The molecule has 1 rings (SSSR count). The van der Waals surface area contributed by atoms with Crippen molar-refractivity contribution in [1.29, 1.82) is 0 Å². The van der Waals surface area contributed by atoms with Crippen LogP contribution in [0.5, 0.6) is 0 Å². The van der Waals surface area contributed by atoms with Crippen LogP contribution in [0.1, 0.15) is 18.2 Å². The molecule has 0 aliphatic rings. The van der Waals surface area contributed by atoms with Gasteiger partial charge in [0.1, 0.15) is 0 Å². The van der Waals surface area contributed by atoms with Gasteiger partial charge in [0.25, 0.3) is 0 Å². The van der Waals surface area contributed by atoms with Crippen molar-refractivity contribution in [3.05, 3.63) is 23.1 Å². The Morgan fingerprint density at radius 1 is 1.64 bits per heavy atom. The third kappa shape index (κ3) is 3.98. The summed E-state index contributed by atoms with van der Waals surface area (Å²) in [7, 11) is 0. The van der Waals surface area contributed by atoms with Gasteiger partial charge in [0.15, 0.2) is 0 Å². The Labute approximate surface area is 91.7 Å². The molecule has 0 radical (unpaired) electrons. The van der Waals surface area contributed by atoms with Crippen LogP contribution in [0.25, 0.3) is 6.08 Å². The van der Waals surface area contributed by atoms with Crippen LogP contribution in [0.3, 0.4) is 0 Å². The van der Waals surface area contributed by atoms with E-state index in [1.54, 1.807) is 17.4 Å². The molecule has 0 aliphatic carbocycles. The SMILES string of the molecule is CCCSc1ccc(/C=C/C(=O)O)s1. The largest absolute Gasteiger partial charge is 0.478 e. The zero-order valence-corrected chi connectivity index (χ0v) is 9.53. The minimum absolute atomic E-state index is 0.902. The van der Waals surface area contributed by atoms with E-state index in [1.165, 1.54) is 10.3 Å². The lowest BCUT2D eigenvalue weighted by Crippen LogP contribution is -1.84. The zero-order valence-electron chi connectivity index (χ0n) is 7.90. The van der Waals surface area contributed by atoms with Gasteiger partial charge in [-0.1, -0.05) is 6.92 Å². The first kappa shape index (κ1) is 11.3. The maximum atomic E-state index is 10.3. The Bertz CT molecular complexity index is 329. The minimum atomic E-state index is -0.902. The zero-order chi connectivity index (χ0) is 10.4. The smallest absolute Gasteiger partial charge is 0.328 e. The van der Waals surface area contributed by atoms with Crippen LogP contribution in [0.15, 0.2) is 22.4 Å². The highest BCUT2D eigenvalue weighted by atomic mass is 32.2. The van der Waals surface area contributed by atoms with Crippen molar-refractivity contribution in [2.75, 3.05) is 5.75 Å². The summed E-state index contributed by atoms with van der Waals surface area (Å²) in [6, 6.07) is 3.98. The lowest BCUT2D eigenvalue weighted by atomic mass is 10.4. The minimum Gasteiger partial charge on any atom is -0.478 e. The van der Waals surface area contributed by atoms with Crippen molar-refractivity contribution in [3.8, 4) is 0 Å². The predicted molar refractivity (Wildman–Crippen MR) is 62.0 cm³/mol. The average Bonchev–Trinajstić information content (AvgIpc) is 2.59. The van der Waals surface area contributed by atoms with Crippen molar-refractivity contribution in [2.24, 2.45) is 0 Å². The normalized spacial score (nSPS) is 10.9. The van der Waals surface area contributed by atoms with Crippen LogP contribution in [0, 0.1) is 0 Å². The number of thiophene rings is 1. The molecule has 2 nitrogen and oxygen atoms in total. The Kier molecular flexibility index (Phi) is 4.76. The summed E-state index contributed by atoms with van der Waals surface area (Å²) in [5.74, 6) is 0.212. The van der Waals surface area contributed by atoms with E-state index in [2.05, 4.69) is 6.92 Å². The highest BCUT2D eigenvalue weighted by molar-refractivity contribution is 8.01. The van der Waals surface area contributed by atoms with Crippen LogP contribution < -0.4 is 0 Å². The number of carbonyl (C=O) groups is 1. The second-order valence-electron chi connectivity index (χ2n) is 2.68. The van der Waals surface area contributed by atoms with Crippen LogP contribution >= 0.6 is 23.1 Å². The van der Waals surface area contributed by atoms with Gasteiger partial charge in [-0.15, -0.1) is 23.1 Å². The summed E-state index contributed by atoms with van der Waals surface area (Å²) in [6.07, 6.45) is 3.95. The van der Waals surface area contributed by atoms with Crippen LogP contribution in [-0.4, -0.2) is 16.8 Å². The molecule has 14 heavy (non-hydrogen) atoms. The Morgan fingerprint density at radius 3 is 3.07 bits per heavy atom. The summed E-state index contributed by atoms with van der Waals surface area (Å²) >= 11 is 3.44. The Hall–Kier alpha value is -0.740. The number of carboxylic acid groups (broad SMARTS) is 1. The second kappa shape index (κ2) is 5.88. The highest BCUT2D eigenvalue weighted by Gasteiger charge is 1.97. The molecular formula is C10H12O2S2. The molecule has 0 bridgehead atoms. The van der Waals surface area contributed by atoms with E-state index in [0.29, 0.717) is 0 Å². The molecule has 0 unspecified atom stereocenters. The molecule has 1 N–H and O–H groups in total. The van der Waals surface area contributed by atoms with Crippen molar-refractivity contribution in [2.45, 2.75) is 17.6 Å². The standard InChI is InChI=1S/C10H12O2S2/c1-2-7-13-10-6-4-8(14-10)3-5-9(11)12/h3-6H,2,7H2,1H3,(H,11,12)/b5-3+. The monoisotopic (exact) mass is 228 g/mol. The molecule has 76 valence electrons. The summed E-state index contributed by atoms with van der Waals surface area (Å²) in [5, 5.41) is 8.44. The molecule has 0 atom stereocenters. The molecule has 0 spiro atoms. The molecule has 0 fully saturated rings. The van der Waals surface area contributed by atoms with Gasteiger partial charge in [-0.2, -0.15) is 0 Å². The van der Waals surface area contributed by atoms with E-state index in [9.17, 15) is 4.79 Å². The van der Waals surface area contributed by atoms with Gasteiger partial charge in [0, 0.05) is 11.0 Å². The fourth-order valence-corrected chi connectivity index (χ4v) is 2.84. The van der Waals surface area contributed by atoms with E-state index in [4.69, 9.17) is 5.11 Å². The highest BCUT2D eigenvalue weighted by Crippen LogP contribution is 2.28. The quantitative estimate of drug-likeness (QED) is 0.620. The van der Waals surface area contributed by atoms with Gasteiger partial charge in [-0.3, -0.25) is 0 Å². The number of carboxylic acids is 1. The number of aliphatic carboxylic acids is 1. The molecule has 0 amide bonds. The summed E-state index contributed by atoms with van der Waals surface area (Å²) < 4.78 is 1.25. The van der Waals surface area contributed by atoms with Crippen molar-refractivity contribution < 1.29 is 9.90 Å². The van der Waals surface area contributed by atoms with E-state index in [0.717, 1.165) is 17.1 Å². The number of thioether (sulfide) groups is 1. The van der Waals surface area contributed by atoms with Crippen LogP contribution in [0.4, 0.5) is 0 Å². The molecule has 1 aromatic heterocycles. The average molecular weight is 228 g/mol. The molecule has 1 aromatic rings. The maximum Gasteiger partial charge on any atom is 0.328 e. The molecule has 0 aliphatic heterocycles. The third-order valence-corrected chi connectivity index (χ3v) is 3.92. The first-order chi connectivity index (χ1) is 6.72. The Balaban J connectivity index is 2.54. The van der Waals surface area contributed by atoms with E-state index >= 15 is 0 Å². The number of hydrogen-bond donors (Lipinski definition) is 1. The van der Waals surface area contributed by atoms with Crippen molar-refractivity contribution in [1.82, 2.24) is 0 Å². The van der Waals surface area contributed by atoms with E-state index in [1.807, 2.05) is 23.9 Å². The van der Waals surface area contributed by atoms with Crippen molar-refractivity contribution in [3.63, 3.8) is 0 Å². The second-order valence-corrected chi connectivity index (χ2v) is 5.19. The van der Waals surface area contributed by atoms with Crippen LogP contribution in [-0.2, 0) is 4.79 Å². The lowest BCUT2D eigenvalue weighted by Gasteiger charge is -1.91. The lowest BCUT2D eigenvalue weighted by molar-refractivity contribution is -0.131. The third-order valence-electron chi connectivity index (χ3n) is 1.44. The topological polar surface area (TPSA) is 37.3 Å². The molecule has 0 saturated carbocycles. The van der Waals surface area contributed by atoms with Gasteiger partial charge in [0.05, 0.1) is 4.21 Å². The first-order valence-electron chi connectivity index (χ1n) is 4.36. The summed E-state index contributed by atoms with van der Waals surface area (Å²) in [6.45, 7) is 2.14. The molecule has 0 aromatic carbocycles. The van der Waals surface area contributed by atoms with Gasteiger partial charge in [-0.05, 0) is 30.4 Å². The summed E-state index contributed by atoms with van der Waals surface area (Å²) in [5.41, 5.74) is 0. The Morgan fingerprint density at radius 2 is 2.43 bits per heavy atom. The first-order valence-corrected chi connectivity index (χ1v) is 6.16. The number of hydrogen-bond acceptors (Lipinski definition) is 3. The van der Waals surface area contributed by atoms with Gasteiger partial charge < -0.3 is 5.11 Å². The van der Waals surface area contributed by atoms with Gasteiger partial charge >= 0.3 is 5.97 Å². The molecular weight excluding hydrogens is 216 g/mol. The maximum absolute atomic E-state index is 10.3. The van der Waals surface area contributed by atoms with Gasteiger partial charge in [-0.25, -0.2) is 4.79 Å². The number of rotatable bonds is 5. The predicted octanol–water partition coefficient (Wildman–Crippen LogP) is 3.35. The van der Waals surface area contributed by atoms with Crippen molar-refractivity contribution >= 4 is 35.1 Å². The molecule has 1 heterocycles. The van der Waals surface area contributed by atoms with Gasteiger partial charge in [0.2, 0.25) is 0 Å². The fraction of sp³-hybridized carbons (Fsp3) is 0.300. The van der Waals surface area contributed by atoms with Crippen LogP contribution in [0.2, 0.25) is 0 Å². The summed E-state index contributed by atoms with van der Waals surface area (Å²) in [4.78, 5) is 11.3. The molecule has 4 heteroatoms.